The highest BCUT2D eigenvalue weighted by Crippen LogP contribution is 2.22. The minimum absolute atomic E-state index is 0.268. The van der Waals surface area contributed by atoms with E-state index in [-0.39, 0.29) is 6.61 Å². The van der Waals surface area contributed by atoms with Crippen LogP contribution in [0.5, 0.6) is 0 Å². The number of pyridine rings is 1. The second kappa shape index (κ2) is 4.15. The van der Waals surface area contributed by atoms with E-state index in [1.807, 2.05) is 12.1 Å². The fourth-order valence-electron chi connectivity index (χ4n) is 1.74. The second-order valence-electron chi connectivity index (χ2n) is 3.62. The van der Waals surface area contributed by atoms with Crippen molar-refractivity contribution in [2.45, 2.75) is 6.42 Å². The van der Waals surface area contributed by atoms with Gasteiger partial charge in [-0.05, 0) is 18.6 Å². The van der Waals surface area contributed by atoms with Crippen molar-refractivity contribution in [3.05, 3.63) is 23.4 Å². The first kappa shape index (κ1) is 9.74. The highest BCUT2D eigenvalue weighted by molar-refractivity contribution is 6.30. The second-order valence-corrected chi connectivity index (χ2v) is 4.05. The molecule has 76 valence electrons. The maximum atomic E-state index is 9.01. The van der Waals surface area contributed by atoms with Gasteiger partial charge in [0.2, 0.25) is 0 Å². The summed E-state index contributed by atoms with van der Waals surface area (Å²) < 4.78 is 0. The molecule has 0 amide bonds. The monoisotopic (exact) mass is 212 g/mol. The SMILES string of the molecule is OCC1CCN(c2ccc(Cl)cn2)C1. The van der Waals surface area contributed by atoms with Gasteiger partial charge in [-0.1, -0.05) is 11.6 Å². The van der Waals surface area contributed by atoms with E-state index >= 15 is 0 Å². The Balaban J connectivity index is 2.06. The Labute approximate surface area is 88.3 Å². The van der Waals surface area contributed by atoms with Gasteiger partial charge in [0.1, 0.15) is 5.82 Å². The van der Waals surface area contributed by atoms with Crippen LogP contribution in [-0.2, 0) is 0 Å². The Bertz CT molecular complexity index is 301. The zero-order valence-electron chi connectivity index (χ0n) is 7.86. The average Bonchev–Trinajstić information content (AvgIpc) is 2.67. The lowest BCUT2D eigenvalue weighted by Crippen LogP contribution is -2.21. The Morgan fingerprint density at radius 2 is 2.43 bits per heavy atom. The van der Waals surface area contributed by atoms with Gasteiger partial charge in [0.15, 0.2) is 0 Å². The Morgan fingerprint density at radius 1 is 1.57 bits per heavy atom. The minimum atomic E-state index is 0.268. The number of aliphatic hydroxyl groups excluding tert-OH is 1. The molecule has 1 aromatic heterocycles. The maximum Gasteiger partial charge on any atom is 0.128 e. The smallest absolute Gasteiger partial charge is 0.128 e. The molecule has 4 heteroatoms. The summed E-state index contributed by atoms with van der Waals surface area (Å²) in [6, 6.07) is 3.76. The molecule has 1 unspecified atom stereocenters. The third-order valence-electron chi connectivity index (χ3n) is 2.58. The lowest BCUT2D eigenvalue weighted by atomic mass is 10.1. The molecule has 3 nitrogen and oxygen atoms in total. The molecule has 1 atom stereocenters. The van der Waals surface area contributed by atoms with Gasteiger partial charge in [0.25, 0.3) is 0 Å². The van der Waals surface area contributed by atoms with E-state index in [2.05, 4.69) is 9.88 Å². The van der Waals surface area contributed by atoms with Crippen LogP contribution in [0.4, 0.5) is 5.82 Å². The van der Waals surface area contributed by atoms with Crippen molar-refractivity contribution in [1.82, 2.24) is 4.98 Å². The topological polar surface area (TPSA) is 36.4 Å². The quantitative estimate of drug-likeness (QED) is 0.808. The number of rotatable bonds is 2. The molecule has 0 aliphatic carbocycles. The van der Waals surface area contributed by atoms with Crippen LogP contribution in [0, 0.1) is 5.92 Å². The van der Waals surface area contributed by atoms with Crippen molar-refractivity contribution in [2.75, 3.05) is 24.6 Å². The molecule has 1 aliphatic rings. The number of nitrogens with zero attached hydrogens (tertiary/aromatic N) is 2. The van der Waals surface area contributed by atoms with E-state index in [9.17, 15) is 0 Å². The predicted molar refractivity (Wildman–Crippen MR) is 56.7 cm³/mol. The van der Waals surface area contributed by atoms with Crippen LogP contribution in [0.25, 0.3) is 0 Å². The molecule has 2 heterocycles. The highest BCUT2D eigenvalue weighted by Gasteiger charge is 2.22. The highest BCUT2D eigenvalue weighted by atomic mass is 35.5. The summed E-state index contributed by atoms with van der Waals surface area (Å²) in [4.78, 5) is 6.42. The van der Waals surface area contributed by atoms with Crippen molar-refractivity contribution in [2.24, 2.45) is 5.92 Å². The van der Waals surface area contributed by atoms with Gasteiger partial charge < -0.3 is 10.0 Å². The molecule has 0 aromatic carbocycles. The molecular weight excluding hydrogens is 200 g/mol. The van der Waals surface area contributed by atoms with Crippen LogP contribution in [0.2, 0.25) is 5.02 Å². The first-order valence-corrected chi connectivity index (χ1v) is 5.15. The van der Waals surface area contributed by atoms with Crippen molar-refractivity contribution >= 4 is 17.4 Å². The lowest BCUT2D eigenvalue weighted by molar-refractivity contribution is 0.238. The first-order chi connectivity index (χ1) is 6.79. The largest absolute Gasteiger partial charge is 0.396 e. The van der Waals surface area contributed by atoms with Crippen LogP contribution in [-0.4, -0.2) is 29.8 Å². The Kier molecular flexibility index (Phi) is 2.89. The normalized spacial score (nSPS) is 21.6. The van der Waals surface area contributed by atoms with Gasteiger partial charge in [-0.15, -0.1) is 0 Å². The lowest BCUT2D eigenvalue weighted by Gasteiger charge is -2.16. The average molecular weight is 213 g/mol. The van der Waals surface area contributed by atoms with Crippen molar-refractivity contribution in [1.29, 1.82) is 0 Å². The summed E-state index contributed by atoms with van der Waals surface area (Å²) in [5, 5.41) is 9.67. The van der Waals surface area contributed by atoms with E-state index in [4.69, 9.17) is 16.7 Å². The van der Waals surface area contributed by atoms with Crippen LogP contribution in [0.15, 0.2) is 18.3 Å². The standard InChI is InChI=1S/C10H13ClN2O/c11-9-1-2-10(12-5-9)13-4-3-8(6-13)7-14/h1-2,5,8,14H,3-4,6-7H2. The summed E-state index contributed by atoms with van der Waals surface area (Å²) >= 11 is 5.75. The number of hydrogen-bond donors (Lipinski definition) is 1. The van der Waals surface area contributed by atoms with E-state index in [1.165, 1.54) is 0 Å². The summed E-state index contributed by atoms with van der Waals surface area (Å²) in [5.41, 5.74) is 0. The van der Waals surface area contributed by atoms with Gasteiger partial charge in [0, 0.05) is 31.8 Å². The molecule has 0 bridgehead atoms. The number of aromatic nitrogens is 1. The van der Waals surface area contributed by atoms with Crippen molar-refractivity contribution in [3.63, 3.8) is 0 Å². The number of halogens is 1. The van der Waals surface area contributed by atoms with Gasteiger partial charge in [-0.3, -0.25) is 0 Å². The molecule has 1 N–H and O–H groups in total. The van der Waals surface area contributed by atoms with Crippen LogP contribution in [0.1, 0.15) is 6.42 Å². The van der Waals surface area contributed by atoms with Gasteiger partial charge in [-0.25, -0.2) is 4.98 Å². The molecule has 0 radical (unpaired) electrons. The first-order valence-electron chi connectivity index (χ1n) is 4.77. The zero-order valence-corrected chi connectivity index (χ0v) is 8.61. The maximum absolute atomic E-state index is 9.01. The van der Waals surface area contributed by atoms with E-state index in [1.54, 1.807) is 6.20 Å². The van der Waals surface area contributed by atoms with Crippen molar-refractivity contribution in [3.8, 4) is 0 Å². The van der Waals surface area contributed by atoms with Gasteiger partial charge in [0.05, 0.1) is 5.02 Å². The number of hydrogen-bond acceptors (Lipinski definition) is 3. The number of anilines is 1. The third kappa shape index (κ3) is 1.99. The molecule has 1 aliphatic heterocycles. The molecule has 0 spiro atoms. The zero-order chi connectivity index (χ0) is 9.97. The molecule has 0 saturated carbocycles. The third-order valence-corrected chi connectivity index (χ3v) is 2.80. The molecular formula is C10H13ClN2O. The van der Waals surface area contributed by atoms with Crippen LogP contribution < -0.4 is 4.90 Å². The van der Waals surface area contributed by atoms with Crippen LogP contribution in [0.3, 0.4) is 0 Å². The fraction of sp³-hybridized carbons (Fsp3) is 0.500. The van der Waals surface area contributed by atoms with Gasteiger partial charge >= 0.3 is 0 Å². The van der Waals surface area contributed by atoms with Crippen LogP contribution >= 0.6 is 11.6 Å². The van der Waals surface area contributed by atoms with E-state index in [0.717, 1.165) is 25.3 Å². The summed E-state index contributed by atoms with van der Waals surface area (Å²) in [6.45, 7) is 2.13. The number of aliphatic hydroxyl groups is 1. The fourth-order valence-corrected chi connectivity index (χ4v) is 1.86. The molecule has 1 fully saturated rings. The molecule has 14 heavy (non-hydrogen) atoms. The van der Waals surface area contributed by atoms with E-state index < -0.39 is 0 Å². The van der Waals surface area contributed by atoms with Crippen molar-refractivity contribution < 1.29 is 5.11 Å². The predicted octanol–water partition coefficient (Wildman–Crippen LogP) is 1.55. The Morgan fingerprint density at radius 3 is 3.00 bits per heavy atom. The van der Waals surface area contributed by atoms with Gasteiger partial charge in [-0.2, -0.15) is 0 Å². The van der Waals surface area contributed by atoms with E-state index in [0.29, 0.717) is 10.9 Å². The summed E-state index contributed by atoms with van der Waals surface area (Å²) in [7, 11) is 0. The Hall–Kier alpha value is -0.800. The molecule has 1 aromatic rings. The summed E-state index contributed by atoms with van der Waals surface area (Å²) in [6.07, 6.45) is 2.70. The summed E-state index contributed by atoms with van der Waals surface area (Å²) in [5.74, 6) is 1.35. The molecule has 2 rings (SSSR count). The molecule has 1 saturated heterocycles. The minimum Gasteiger partial charge on any atom is -0.396 e.